The van der Waals surface area contributed by atoms with Crippen molar-refractivity contribution < 1.29 is 4.79 Å². The Bertz CT molecular complexity index is 631. The van der Waals surface area contributed by atoms with Gasteiger partial charge in [-0.3, -0.25) is 4.68 Å². The van der Waals surface area contributed by atoms with E-state index in [0.717, 1.165) is 31.9 Å². The van der Waals surface area contributed by atoms with E-state index in [2.05, 4.69) is 30.6 Å². The third-order valence-electron chi connectivity index (χ3n) is 3.99. The van der Waals surface area contributed by atoms with Crippen LogP contribution in [0.2, 0.25) is 0 Å². The van der Waals surface area contributed by atoms with Crippen molar-refractivity contribution in [3.05, 3.63) is 36.9 Å². The Hall–Kier alpha value is -2.64. The van der Waals surface area contributed by atoms with Gasteiger partial charge in [0.2, 0.25) is 5.95 Å². The second kappa shape index (κ2) is 7.76. The summed E-state index contributed by atoms with van der Waals surface area (Å²) < 4.78 is 1.81. The lowest BCUT2D eigenvalue weighted by atomic mass is 10.1. The molecule has 8 heteroatoms. The Morgan fingerprint density at radius 1 is 1.33 bits per heavy atom. The number of nitrogens with one attached hydrogen (secondary N) is 2. The summed E-state index contributed by atoms with van der Waals surface area (Å²) in [6, 6.07) is 3.63. The first-order valence-electron chi connectivity index (χ1n) is 8.27. The van der Waals surface area contributed by atoms with E-state index < -0.39 is 0 Å². The van der Waals surface area contributed by atoms with Gasteiger partial charge in [-0.1, -0.05) is 0 Å². The summed E-state index contributed by atoms with van der Waals surface area (Å²) >= 11 is 0. The molecule has 0 bridgehead atoms. The minimum atomic E-state index is -0.143. The number of rotatable bonds is 5. The van der Waals surface area contributed by atoms with Gasteiger partial charge in [0.05, 0.1) is 6.54 Å². The molecule has 128 valence electrons. The zero-order chi connectivity index (χ0) is 16.8. The van der Waals surface area contributed by atoms with Crippen molar-refractivity contribution >= 4 is 12.0 Å². The first kappa shape index (κ1) is 16.2. The largest absolute Gasteiger partial charge is 0.339 e. The average molecular weight is 329 g/mol. The molecular formula is C16H23N7O. The molecule has 3 heterocycles. The molecule has 0 unspecified atom stereocenters. The van der Waals surface area contributed by atoms with Gasteiger partial charge in [0.25, 0.3) is 0 Å². The van der Waals surface area contributed by atoms with Crippen LogP contribution in [0.5, 0.6) is 0 Å². The molecule has 1 saturated heterocycles. The SMILES string of the molecule is C[C@H](Cn1cccn1)NC(=O)N[C@H]1CCCN(c2ncccn2)C1. The molecule has 1 fully saturated rings. The van der Waals surface area contributed by atoms with Crippen LogP contribution in [0, 0.1) is 0 Å². The third kappa shape index (κ3) is 4.43. The van der Waals surface area contributed by atoms with Crippen molar-refractivity contribution in [2.45, 2.75) is 38.4 Å². The molecule has 2 amide bonds. The maximum absolute atomic E-state index is 12.2. The van der Waals surface area contributed by atoms with Crippen LogP contribution in [0.1, 0.15) is 19.8 Å². The summed E-state index contributed by atoms with van der Waals surface area (Å²) in [7, 11) is 0. The molecular weight excluding hydrogens is 306 g/mol. The van der Waals surface area contributed by atoms with Crippen LogP contribution in [0.25, 0.3) is 0 Å². The average Bonchev–Trinajstić information content (AvgIpc) is 3.08. The van der Waals surface area contributed by atoms with Crippen LogP contribution in [0.3, 0.4) is 0 Å². The van der Waals surface area contributed by atoms with Crippen LogP contribution < -0.4 is 15.5 Å². The summed E-state index contributed by atoms with van der Waals surface area (Å²) in [5, 5.41) is 10.2. The molecule has 2 N–H and O–H groups in total. The lowest BCUT2D eigenvalue weighted by molar-refractivity contribution is 0.230. The van der Waals surface area contributed by atoms with Gasteiger partial charge in [0.15, 0.2) is 0 Å². The molecule has 1 aliphatic heterocycles. The Kier molecular flexibility index (Phi) is 5.25. The first-order valence-corrected chi connectivity index (χ1v) is 8.27. The lowest BCUT2D eigenvalue weighted by Gasteiger charge is -2.33. The molecule has 24 heavy (non-hydrogen) atoms. The summed E-state index contributed by atoms with van der Waals surface area (Å²) in [4.78, 5) is 22.9. The van der Waals surface area contributed by atoms with Gasteiger partial charge >= 0.3 is 6.03 Å². The zero-order valence-electron chi connectivity index (χ0n) is 13.8. The minimum Gasteiger partial charge on any atom is -0.339 e. The molecule has 0 aromatic carbocycles. The number of carbonyl (C=O) groups excluding carboxylic acids is 1. The van der Waals surface area contributed by atoms with Gasteiger partial charge in [0.1, 0.15) is 0 Å². The zero-order valence-corrected chi connectivity index (χ0v) is 13.8. The van der Waals surface area contributed by atoms with Crippen molar-refractivity contribution in [2.24, 2.45) is 0 Å². The Morgan fingerprint density at radius 3 is 2.92 bits per heavy atom. The lowest BCUT2D eigenvalue weighted by Crippen LogP contribution is -2.52. The Labute approximate surface area is 141 Å². The number of carbonyl (C=O) groups is 1. The molecule has 0 aliphatic carbocycles. The number of aromatic nitrogens is 4. The molecule has 2 aromatic rings. The monoisotopic (exact) mass is 329 g/mol. The van der Waals surface area contributed by atoms with E-state index in [1.54, 1.807) is 29.3 Å². The maximum Gasteiger partial charge on any atom is 0.315 e. The topological polar surface area (TPSA) is 88.0 Å². The van der Waals surface area contributed by atoms with Crippen molar-refractivity contribution in [2.75, 3.05) is 18.0 Å². The van der Waals surface area contributed by atoms with Gasteiger partial charge in [-0.15, -0.1) is 0 Å². The second-order valence-electron chi connectivity index (χ2n) is 6.08. The molecule has 8 nitrogen and oxygen atoms in total. The number of hydrogen-bond donors (Lipinski definition) is 2. The number of amides is 2. The van der Waals surface area contributed by atoms with E-state index in [1.807, 2.05) is 19.2 Å². The molecule has 2 aromatic heterocycles. The highest BCUT2D eigenvalue weighted by molar-refractivity contribution is 5.74. The number of piperidine rings is 1. The van der Waals surface area contributed by atoms with Gasteiger partial charge in [-0.05, 0) is 31.9 Å². The van der Waals surface area contributed by atoms with Crippen molar-refractivity contribution in [1.82, 2.24) is 30.4 Å². The van der Waals surface area contributed by atoms with E-state index in [0.29, 0.717) is 6.54 Å². The molecule has 0 saturated carbocycles. The van der Waals surface area contributed by atoms with Crippen LogP contribution in [-0.4, -0.2) is 51.0 Å². The van der Waals surface area contributed by atoms with Gasteiger partial charge in [-0.25, -0.2) is 14.8 Å². The predicted molar refractivity (Wildman–Crippen MR) is 90.6 cm³/mol. The van der Waals surface area contributed by atoms with E-state index in [-0.39, 0.29) is 18.1 Å². The van der Waals surface area contributed by atoms with Crippen LogP contribution in [0.4, 0.5) is 10.7 Å². The highest BCUT2D eigenvalue weighted by Crippen LogP contribution is 2.15. The molecule has 2 atom stereocenters. The summed E-state index contributed by atoms with van der Waals surface area (Å²) in [5.41, 5.74) is 0. The number of nitrogens with zero attached hydrogens (tertiary/aromatic N) is 5. The van der Waals surface area contributed by atoms with Crippen molar-refractivity contribution in [1.29, 1.82) is 0 Å². The Balaban J connectivity index is 1.47. The van der Waals surface area contributed by atoms with Crippen LogP contribution in [0.15, 0.2) is 36.9 Å². The van der Waals surface area contributed by atoms with Crippen molar-refractivity contribution in [3.8, 4) is 0 Å². The van der Waals surface area contributed by atoms with Crippen molar-refractivity contribution in [3.63, 3.8) is 0 Å². The Morgan fingerprint density at radius 2 is 2.17 bits per heavy atom. The first-order chi connectivity index (χ1) is 11.7. The fourth-order valence-electron chi connectivity index (χ4n) is 2.92. The summed E-state index contributed by atoms with van der Waals surface area (Å²) in [5.74, 6) is 0.719. The van der Waals surface area contributed by atoms with Gasteiger partial charge in [0, 0.05) is 50.0 Å². The van der Waals surface area contributed by atoms with Gasteiger partial charge < -0.3 is 15.5 Å². The summed E-state index contributed by atoms with van der Waals surface area (Å²) in [6.07, 6.45) is 9.06. The quantitative estimate of drug-likeness (QED) is 0.855. The standard InChI is InChI=1S/C16H23N7O/c1-13(11-23-10-4-8-19-23)20-16(24)21-14-5-2-9-22(12-14)15-17-6-3-7-18-15/h3-4,6-8,10,13-14H,2,5,9,11-12H2,1H3,(H2,20,21,24)/t13-,14+/m1/s1. The molecule has 1 aliphatic rings. The highest BCUT2D eigenvalue weighted by atomic mass is 16.2. The number of hydrogen-bond acceptors (Lipinski definition) is 5. The fraction of sp³-hybridized carbons (Fsp3) is 0.500. The maximum atomic E-state index is 12.2. The molecule has 0 spiro atoms. The van der Waals surface area contributed by atoms with Gasteiger partial charge in [-0.2, -0.15) is 5.10 Å². The van der Waals surface area contributed by atoms with E-state index >= 15 is 0 Å². The van der Waals surface area contributed by atoms with Crippen LogP contribution in [-0.2, 0) is 6.54 Å². The minimum absolute atomic E-state index is 0.00190. The highest BCUT2D eigenvalue weighted by Gasteiger charge is 2.23. The normalized spacial score (nSPS) is 18.9. The van der Waals surface area contributed by atoms with E-state index in [4.69, 9.17) is 0 Å². The molecule has 3 rings (SSSR count). The molecule has 0 radical (unpaired) electrons. The number of urea groups is 1. The van der Waals surface area contributed by atoms with Crippen LogP contribution >= 0.6 is 0 Å². The summed E-state index contributed by atoms with van der Waals surface area (Å²) in [6.45, 7) is 4.26. The van der Waals surface area contributed by atoms with E-state index in [9.17, 15) is 4.79 Å². The fourth-order valence-corrected chi connectivity index (χ4v) is 2.92. The third-order valence-corrected chi connectivity index (χ3v) is 3.99. The second-order valence-corrected chi connectivity index (χ2v) is 6.08. The predicted octanol–water partition coefficient (Wildman–Crippen LogP) is 1.03. The van der Waals surface area contributed by atoms with E-state index in [1.165, 1.54) is 0 Å². The number of anilines is 1. The smallest absolute Gasteiger partial charge is 0.315 e.